The zero-order valence-corrected chi connectivity index (χ0v) is 10.7. The van der Waals surface area contributed by atoms with E-state index in [1.807, 2.05) is 12.3 Å². The zero-order valence-electron chi connectivity index (χ0n) is 9.86. The number of carbonyl (C=O) groups is 1. The van der Waals surface area contributed by atoms with Crippen LogP contribution in [0.5, 0.6) is 0 Å². The molecule has 1 amide bonds. The Kier molecular flexibility index (Phi) is 2.55. The van der Waals surface area contributed by atoms with Gasteiger partial charge in [0.15, 0.2) is 10.8 Å². The number of hydrogen-bond acceptors (Lipinski definition) is 5. The van der Waals surface area contributed by atoms with Gasteiger partial charge in [0.05, 0.1) is 17.1 Å². The zero-order chi connectivity index (χ0) is 12.7. The molecule has 6 nitrogen and oxygen atoms in total. The summed E-state index contributed by atoms with van der Waals surface area (Å²) in [6.07, 6.45) is 2.22. The lowest BCUT2D eigenvalue weighted by Crippen LogP contribution is -2.14. The van der Waals surface area contributed by atoms with E-state index in [4.69, 9.17) is 5.73 Å². The van der Waals surface area contributed by atoms with Crippen LogP contribution in [0.15, 0.2) is 5.38 Å². The van der Waals surface area contributed by atoms with Crippen LogP contribution < -0.4 is 11.1 Å². The number of amides is 1. The molecule has 0 aromatic carbocycles. The molecule has 1 saturated carbocycles. The molecule has 1 aliphatic carbocycles. The Balaban J connectivity index is 1.79. The average Bonchev–Trinajstić information content (AvgIpc) is 2.98. The summed E-state index contributed by atoms with van der Waals surface area (Å²) in [7, 11) is 0. The summed E-state index contributed by atoms with van der Waals surface area (Å²) in [4.78, 5) is 16.2. The molecule has 0 atom stereocenters. The Hall–Kier alpha value is -1.89. The van der Waals surface area contributed by atoms with E-state index in [1.165, 1.54) is 11.3 Å². The second-order valence-corrected chi connectivity index (χ2v) is 5.28. The monoisotopic (exact) mass is 263 g/mol. The van der Waals surface area contributed by atoms with Crippen molar-refractivity contribution < 1.29 is 4.79 Å². The van der Waals surface area contributed by atoms with Gasteiger partial charge in [-0.25, -0.2) is 4.98 Å². The van der Waals surface area contributed by atoms with E-state index >= 15 is 0 Å². The van der Waals surface area contributed by atoms with E-state index in [-0.39, 0.29) is 11.6 Å². The molecule has 0 bridgehead atoms. The van der Waals surface area contributed by atoms with Crippen molar-refractivity contribution in [3.8, 4) is 0 Å². The molecule has 2 heterocycles. The number of nitrogens with zero attached hydrogens (tertiary/aromatic N) is 2. The minimum atomic E-state index is -0.315. The number of aromatic nitrogens is 3. The molecule has 2 aromatic heterocycles. The summed E-state index contributed by atoms with van der Waals surface area (Å²) in [5.41, 5.74) is 8.41. The Bertz CT molecular complexity index is 598. The van der Waals surface area contributed by atoms with Gasteiger partial charge in [-0.2, -0.15) is 5.10 Å². The Morgan fingerprint density at radius 2 is 2.39 bits per heavy atom. The Morgan fingerprint density at radius 3 is 3.00 bits per heavy atom. The third-order valence-corrected chi connectivity index (χ3v) is 3.75. The van der Waals surface area contributed by atoms with E-state index in [9.17, 15) is 4.79 Å². The number of aryl methyl sites for hydroxylation is 1. The maximum atomic E-state index is 12.0. The summed E-state index contributed by atoms with van der Waals surface area (Å²) in [6, 6.07) is 0. The molecule has 3 rings (SSSR count). The van der Waals surface area contributed by atoms with E-state index in [2.05, 4.69) is 20.5 Å². The molecule has 0 aliphatic heterocycles. The van der Waals surface area contributed by atoms with Crippen molar-refractivity contribution in [2.24, 2.45) is 0 Å². The number of anilines is 2. The molecule has 0 radical (unpaired) electrons. The van der Waals surface area contributed by atoms with Gasteiger partial charge in [0, 0.05) is 11.3 Å². The molecule has 2 aromatic rings. The number of carbonyl (C=O) groups excluding carboxylic acids is 1. The second-order valence-electron chi connectivity index (χ2n) is 4.42. The predicted octanol–water partition coefficient (Wildman–Crippen LogP) is 1.89. The minimum absolute atomic E-state index is 0.254. The highest BCUT2D eigenvalue weighted by Gasteiger charge is 2.30. The van der Waals surface area contributed by atoms with Crippen LogP contribution in [0.1, 0.15) is 40.6 Å². The van der Waals surface area contributed by atoms with Gasteiger partial charge in [0.2, 0.25) is 0 Å². The fraction of sp³-hybridized carbons (Fsp3) is 0.364. The summed E-state index contributed by atoms with van der Waals surface area (Å²) < 4.78 is 0. The third-order valence-electron chi connectivity index (χ3n) is 2.87. The summed E-state index contributed by atoms with van der Waals surface area (Å²) in [6.45, 7) is 1.88. The molecule has 1 fully saturated rings. The van der Waals surface area contributed by atoms with Gasteiger partial charge >= 0.3 is 0 Å². The van der Waals surface area contributed by atoms with Crippen LogP contribution in [0.3, 0.4) is 0 Å². The number of thiazole rings is 1. The number of rotatable bonds is 3. The van der Waals surface area contributed by atoms with Crippen LogP contribution in [-0.2, 0) is 0 Å². The number of H-pyrrole nitrogens is 1. The number of hydrogen-bond donors (Lipinski definition) is 3. The first-order chi connectivity index (χ1) is 8.65. The van der Waals surface area contributed by atoms with Crippen LogP contribution in [0.25, 0.3) is 0 Å². The molecular weight excluding hydrogens is 250 g/mol. The normalized spacial score (nSPS) is 14.7. The van der Waals surface area contributed by atoms with Crippen molar-refractivity contribution in [3.63, 3.8) is 0 Å². The molecule has 0 unspecified atom stereocenters. The highest BCUT2D eigenvalue weighted by molar-refractivity contribution is 7.13. The van der Waals surface area contributed by atoms with Gasteiger partial charge in [-0.15, -0.1) is 11.3 Å². The second kappa shape index (κ2) is 4.09. The van der Waals surface area contributed by atoms with Gasteiger partial charge in [0.25, 0.3) is 5.91 Å². The molecule has 0 spiro atoms. The smallest absolute Gasteiger partial charge is 0.280 e. The van der Waals surface area contributed by atoms with Gasteiger partial charge in [-0.05, 0) is 19.8 Å². The topological polar surface area (TPSA) is 96.7 Å². The number of nitrogen functional groups attached to an aromatic ring is 1. The summed E-state index contributed by atoms with van der Waals surface area (Å²) >= 11 is 1.38. The fourth-order valence-electron chi connectivity index (χ4n) is 1.79. The van der Waals surface area contributed by atoms with Crippen LogP contribution in [0.4, 0.5) is 10.8 Å². The van der Waals surface area contributed by atoms with Crippen LogP contribution in [-0.4, -0.2) is 21.1 Å². The largest absolute Gasteiger partial charge is 0.395 e. The molecule has 1 aliphatic rings. The van der Waals surface area contributed by atoms with Gasteiger partial charge in [0.1, 0.15) is 0 Å². The van der Waals surface area contributed by atoms with Crippen molar-refractivity contribution in [2.45, 2.75) is 25.7 Å². The predicted molar refractivity (Wildman–Crippen MR) is 69.8 cm³/mol. The van der Waals surface area contributed by atoms with Crippen molar-refractivity contribution in [3.05, 3.63) is 22.5 Å². The molecule has 94 valence electrons. The number of nitrogens with one attached hydrogen (secondary N) is 2. The summed E-state index contributed by atoms with van der Waals surface area (Å²) in [5, 5.41) is 12.0. The van der Waals surface area contributed by atoms with Crippen molar-refractivity contribution in [2.75, 3.05) is 11.1 Å². The Morgan fingerprint density at radius 1 is 1.61 bits per heavy atom. The third kappa shape index (κ3) is 1.97. The van der Waals surface area contributed by atoms with E-state index < -0.39 is 0 Å². The molecule has 4 N–H and O–H groups in total. The van der Waals surface area contributed by atoms with Gasteiger partial charge < -0.3 is 5.73 Å². The first-order valence-corrected chi connectivity index (χ1v) is 6.60. The van der Waals surface area contributed by atoms with E-state index in [1.54, 1.807) is 0 Å². The van der Waals surface area contributed by atoms with Crippen molar-refractivity contribution in [1.82, 2.24) is 15.2 Å². The van der Waals surface area contributed by atoms with Gasteiger partial charge in [-0.1, -0.05) is 0 Å². The lowest BCUT2D eigenvalue weighted by atomic mass is 10.2. The van der Waals surface area contributed by atoms with E-state index in [0.717, 1.165) is 24.2 Å². The maximum absolute atomic E-state index is 12.0. The molecule has 18 heavy (non-hydrogen) atoms. The summed E-state index contributed by atoms with van der Waals surface area (Å²) in [5.74, 6) is 0.131. The van der Waals surface area contributed by atoms with Crippen molar-refractivity contribution in [1.29, 1.82) is 0 Å². The quantitative estimate of drug-likeness (QED) is 0.787. The van der Waals surface area contributed by atoms with Crippen LogP contribution in [0.2, 0.25) is 0 Å². The SMILES string of the molecule is Cc1csc(NC(=O)c2n[nH]c(C3CC3)c2N)n1. The van der Waals surface area contributed by atoms with Crippen LogP contribution >= 0.6 is 11.3 Å². The highest BCUT2D eigenvalue weighted by atomic mass is 32.1. The van der Waals surface area contributed by atoms with Crippen LogP contribution in [0, 0.1) is 6.92 Å². The average molecular weight is 263 g/mol. The molecule has 7 heteroatoms. The first-order valence-electron chi connectivity index (χ1n) is 5.72. The first kappa shape index (κ1) is 11.2. The standard InChI is InChI=1S/C11H13N5OS/c1-5-4-18-11(13-5)14-10(17)9-7(12)8(15-16-9)6-2-3-6/h4,6H,2-3,12H2,1H3,(H,15,16)(H,13,14,17). The minimum Gasteiger partial charge on any atom is -0.395 e. The fourth-order valence-corrected chi connectivity index (χ4v) is 2.47. The van der Waals surface area contributed by atoms with Gasteiger partial charge in [-0.3, -0.25) is 15.2 Å². The van der Waals surface area contributed by atoms with Crippen molar-refractivity contribution >= 4 is 28.1 Å². The maximum Gasteiger partial charge on any atom is 0.280 e. The number of nitrogens with two attached hydrogens (primary N) is 1. The highest BCUT2D eigenvalue weighted by Crippen LogP contribution is 2.42. The lowest BCUT2D eigenvalue weighted by molar-refractivity contribution is 0.102. The lowest BCUT2D eigenvalue weighted by Gasteiger charge is -1.99. The molecule has 0 saturated heterocycles. The Labute approximate surface area is 108 Å². The molecular formula is C11H13N5OS. The number of aromatic amines is 1. The van der Waals surface area contributed by atoms with E-state index in [0.29, 0.717) is 16.7 Å².